The Bertz CT molecular complexity index is 1090. The lowest BCUT2D eigenvalue weighted by Gasteiger charge is -2.10. The van der Waals surface area contributed by atoms with Gasteiger partial charge in [-0.05, 0) is 49.4 Å². The molecule has 140 valence electrons. The van der Waals surface area contributed by atoms with Crippen LogP contribution in [0.4, 0.5) is 5.69 Å². The molecule has 4 aromatic rings. The van der Waals surface area contributed by atoms with Crippen molar-refractivity contribution in [2.75, 3.05) is 11.9 Å². The lowest BCUT2D eigenvalue weighted by molar-refractivity contribution is 0.102. The third kappa shape index (κ3) is 3.64. The van der Waals surface area contributed by atoms with Crippen LogP contribution < -0.4 is 10.1 Å². The summed E-state index contributed by atoms with van der Waals surface area (Å²) in [5.41, 5.74) is 1.75. The SMILES string of the molecule is CCOc1ccccc1C(=O)Nc1cccc(-c2nnc(-c3ccco3)o2)c1. The van der Waals surface area contributed by atoms with Crippen LogP contribution in [0.3, 0.4) is 0 Å². The molecule has 0 saturated heterocycles. The fraction of sp³-hybridized carbons (Fsp3) is 0.0952. The van der Waals surface area contributed by atoms with Crippen molar-refractivity contribution in [3.63, 3.8) is 0 Å². The van der Waals surface area contributed by atoms with Crippen LogP contribution >= 0.6 is 0 Å². The second kappa shape index (κ2) is 7.79. The largest absolute Gasteiger partial charge is 0.493 e. The maximum Gasteiger partial charge on any atom is 0.283 e. The summed E-state index contributed by atoms with van der Waals surface area (Å²) in [6.07, 6.45) is 1.54. The average molecular weight is 375 g/mol. The normalized spacial score (nSPS) is 10.6. The van der Waals surface area contributed by atoms with Crippen molar-refractivity contribution in [2.24, 2.45) is 0 Å². The Hall–Kier alpha value is -3.87. The molecular weight excluding hydrogens is 358 g/mol. The third-order valence-corrected chi connectivity index (χ3v) is 3.96. The Kier molecular flexibility index (Phi) is 4.88. The van der Waals surface area contributed by atoms with E-state index < -0.39 is 0 Å². The maximum absolute atomic E-state index is 12.7. The van der Waals surface area contributed by atoms with E-state index in [9.17, 15) is 4.79 Å². The number of para-hydroxylation sites is 1. The summed E-state index contributed by atoms with van der Waals surface area (Å²) < 4.78 is 16.4. The summed E-state index contributed by atoms with van der Waals surface area (Å²) in [7, 11) is 0. The van der Waals surface area contributed by atoms with E-state index in [0.29, 0.717) is 46.7 Å². The molecule has 0 aliphatic carbocycles. The van der Waals surface area contributed by atoms with E-state index in [2.05, 4.69) is 15.5 Å². The van der Waals surface area contributed by atoms with Gasteiger partial charge < -0.3 is 18.9 Å². The van der Waals surface area contributed by atoms with Gasteiger partial charge >= 0.3 is 0 Å². The number of nitrogens with one attached hydrogen (secondary N) is 1. The fourth-order valence-electron chi connectivity index (χ4n) is 2.70. The minimum absolute atomic E-state index is 0.261. The van der Waals surface area contributed by atoms with E-state index >= 15 is 0 Å². The molecule has 0 radical (unpaired) electrons. The lowest BCUT2D eigenvalue weighted by Crippen LogP contribution is -2.13. The van der Waals surface area contributed by atoms with Gasteiger partial charge in [0.05, 0.1) is 18.4 Å². The number of anilines is 1. The molecule has 28 heavy (non-hydrogen) atoms. The average Bonchev–Trinajstić information content (AvgIpc) is 3.41. The van der Waals surface area contributed by atoms with E-state index in [-0.39, 0.29) is 5.91 Å². The van der Waals surface area contributed by atoms with Crippen molar-refractivity contribution in [3.05, 3.63) is 72.5 Å². The van der Waals surface area contributed by atoms with Crippen LogP contribution in [0, 0.1) is 0 Å². The number of hydrogen-bond donors (Lipinski definition) is 1. The van der Waals surface area contributed by atoms with Crippen molar-refractivity contribution >= 4 is 11.6 Å². The van der Waals surface area contributed by atoms with Crippen LogP contribution in [0.1, 0.15) is 17.3 Å². The Labute approximate surface area is 161 Å². The number of hydrogen-bond acceptors (Lipinski definition) is 6. The summed E-state index contributed by atoms with van der Waals surface area (Å²) in [5.74, 6) is 1.40. The second-order valence-electron chi connectivity index (χ2n) is 5.85. The molecule has 1 N–H and O–H groups in total. The van der Waals surface area contributed by atoms with Gasteiger partial charge in [-0.25, -0.2) is 0 Å². The van der Waals surface area contributed by atoms with E-state index in [0.717, 1.165) is 0 Å². The molecule has 1 amide bonds. The summed E-state index contributed by atoms with van der Waals surface area (Å²) >= 11 is 0. The second-order valence-corrected chi connectivity index (χ2v) is 5.85. The molecule has 0 bridgehead atoms. The molecule has 0 aliphatic heterocycles. The Morgan fingerprint density at radius 1 is 1.04 bits per heavy atom. The van der Waals surface area contributed by atoms with Crippen LogP contribution in [-0.4, -0.2) is 22.7 Å². The molecule has 0 saturated carbocycles. The topological polar surface area (TPSA) is 90.4 Å². The molecule has 2 heterocycles. The molecule has 2 aromatic heterocycles. The highest BCUT2D eigenvalue weighted by Gasteiger charge is 2.15. The summed E-state index contributed by atoms with van der Waals surface area (Å²) in [6.45, 7) is 2.36. The minimum Gasteiger partial charge on any atom is -0.493 e. The fourth-order valence-corrected chi connectivity index (χ4v) is 2.70. The molecule has 0 fully saturated rings. The van der Waals surface area contributed by atoms with Crippen LogP contribution in [0.25, 0.3) is 23.1 Å². The van der Waals surface area contributed by atoms with E-state index in [1.807, 2.05) is 19.1 Å². The van der Waals surface area contributed by atoms with Gasteiger partial charge in [-0.15, -0.1) is 10.2 Å². The van der Waals surface area contributed by atoms with Crippen molar-refractivity contribution in [2.45, 2.75) is 6.92 Å². The first-order chi connectivity index (χ1) is 13.7. The van der Waals surface area contributed by atoms with Crippen molar-refractivity contribution in [1.82, 2.24) is 10.2 Å². The first kappa shape index (κ1) is 17.5. The molecule has 4 rings (SSSR count). The van der Waals surface area contributed by atoms with Crippen LogP contribution in [0.15, 0.2) is 75.8 Å². The molecular formula is C21H17N3O4. The third-order valence-electron chi connectivity index (χ3n) is 3.96. The monoisotopic (exact) mass is 375 g/mol. The van der Waals surface area contributed by atoms with Gasteiger partial charge in [0.15, 0.2) is 5.76 Å². The van der Waals surface area contributed by atoms with E-state index in [1.165, 1.54) is 6.26 Å². The number of amides is 1. The predicted molar refractivity (Wildman–Crippen MR) is 103 cm³/mol. The Morgan fingerprint density at radius 3 is 2.71 bits per heavy atom. The molecule has 7 nitrogen and oxygen atoms in total. The smallest absolute Gasteiger partial charge is 0.283 e. The quantitative estimate of drug-likeness (QED) is 0.528. The van der Waals surface area contributed by atoms with Crippen LogP contribution in [-0.2, 0) is 0 Å². The highest BCUT2D eigenvalue weighted by molar-refractivity contribution is 6.06. The first-order valence-corrected chi connectivity index (χ1v) is 8.75. The molecule has 0 atom stereocenters. The van der Waals surface area contributed by atoms with Gasteiger partial charge in [0.2, 0.25) is 5.89 Å². The maximum atomic E-state index is 12.7. The zero-order valence-electron chi connectivity index (χ0n) is 15.1. The zero-order chi connectivity index (χ0) is 19.3. The number of furan rings is 1. The number of carbonyl (C=O) groups is 1. The number of aromatic nitrogens is 2. The highest BCUT2D eigenvalue weighted by atomic mass is 16.5. The van der Waals surface area contributed by atoms with E-state index in [4.69, 9.17) is 13.6 Å². The Morgan fingerprint density at radius 2 is 1.89 bits per heavy atom. The summed E-state index contributed by atoms with van der Waals surface area (Å²) in [5, 5.41) is 10.9. The van der Waals surface area contributed by atoms with Crippen LogP contribution in [0.5, 0.6) is 5.75 Å². The first-order valence-electron chi connectivity index (χ1n) is 8.75. The van der Waals surface area contributed by atoms with Gasteiger partial charge in [0, 0.05) is 11.3 Å². The summed E-state index contributed by atoms with van der Waals surface area (Å²) in [4.78, 5) is 12.7. The standard InChI is InChI=1S/C21H17N3O4/c1-2-26-17-10-4-3-9-16(17)19(25)22-15-8-5-7-14(13-15)20-23-24-21(28-20)18-11-6-12-27-18/h3-13H,2H2,1H3,(H,22,25). The molecule has 0 aliphatic rings. The summed E-state index contributed by atoms with van der Waals surface area (Å²) in [6, 6.07) is 17.8. The van der Waals surface area contributed by atoms with Gasteiger partial charge in [0.25, 0.3) is 11.8 Å². The highest BCUT2D eigenvalue weighted by Crippen LogP contribution is 2.26. The predicted octanol–water partition coefficient (Wildman–Crippen LogP) is 4.65. The number of carbonyl (C=O) groups excluding carboxylic acids is 1. The number of benzene rings is 2. The number of ether oxygens (including phenoxy) is 1. The molecule has 0 spiro atoms. The van der Waals surface area contributed by atoms with Gasteiger partial charge in [-0.2, -0.15) is 0 Å². The van der Waals surface area contributed by atoms with Crippen molar-refractivity contribution in [1.29, 1.82) is 0 Å². The van der Waals surface area contributed by atoms with Gasteiger partial charge in [0.1, 0.15) is 5.75 Å². The number of nitrogens with zero attached hydrogens (tertiary/aromatic N) is 2. The lowest BCUT2D eigenvalue weighted by atomic mass is 10.1. The van der Waals surface area contributed by atoms with Crippen molar-refractivity contribution in [3.8, 4) is 28.9 Å². The van der Waals surface area contributed by atoms with Crippen LogP contribution in [0.2, 0.25) is 0 Å². The zero-order valence-corrected chi connectivity index (χ0v) is 15.1. The molecule has 7 heteroatoms. The number of rotatable bonds is 6. The van der Waals surface area contributed by atoms with Gasteiger partial charge in [-0.1, -0.05) is 18.2 Å². The Balaban J connectivity index is 1.55. The molecule has 2 aromatic carbocycles. The molecule has 0 unspecified atom stereocenters. The van der Waals surface area contributed by atoms with E-state index in [1.54, 1.807) is 48.5 Å². The van der Waals surface area contributed by atoms with Gasteiger partial charge in [-0.3, -0.25) is 4.79 Å². The minimum atomic E-state index is -0.261. The van der Waals surface area contributed by atoms with Crippen molar-refractivity contribution < 1.29 is 18.4 Å².